The van der Waals surface area contributed by atoms with Gasteiger partial charge in [-0.3, -0.25) is 9.89 Å². The predicted molar refractivity (Wildman–Crippen MR) is 86.0 cm³/mol. The molecule has 1 aliphatic carbocycles. The van der Waals surface area contributed by atoms with Gasteiger partial charge in [0.15, 0.2) is 11.5 Å². The maximum atomic E-state index is 12.8. The second-order valence-corrected chi connectivity index (χ2v) is 6.74. The average Bonchev–Trinajstić information content (AvgIpc) is 3.29. The van der Waals surface area contributed by atoms with Crippen LogP contribution >= 0.6 is 0 Å². The number of hydrogen-bond acceptors (Lipinski definition) is 4. The van der Waals surface area contributed by atoms with E-state index >= 15 is 0 Å². The molecule has 1 aromatic heterocycles. The number of fused-ring (bicyclic) bond motifs is 2. The first-order valence-electron chi connectivity index (χ1n) is 8.49. The van der Waals surface area contributed by atoms with E-state index in [9.17, 15) is 4.79 Å². The van der Waals surface area contributed by atoms with Crippen LogP contribution in [0, 0.1) is 5.92 Å². The Morgan fingerprint density at radius 1 is 1.25 bits per heavy atom. The van der Waals surface area contributed by atoms with Crippen LogP contribution in [0.1, 0.15) is 29.2 Å². The lowest BCUT2D eigenvalue weighted by atomic mass is 10.1. The van der Waals surface area contributed by atoms with E-state index in [-0.39, 0.29) is 11.8 Å². The largest absolute Gasteiger partial charge is 0.486 e. The Morgan fingerprint density at radius 2 is 2.12 bits per heavy atom. The van der Waals surface area contributed by atoms with E-state index in [4.69, 9.17) is 9.47 Å². The number of nitrogens with zero attached hydrogens (tertiary/aromatic N) is 2. The number of amides is 1. The van der Waals surface area contributed by atoms with E-state index in [2.05, 4.69) is 16.3 Å². The molecular formula is C18H19N3O3. The lowest BCUT2D eigenvalue weighted by molar-refractivity contribution is -0.133. The Hall–Kier alpha value is -2.50. The van der Waals surface area contributed by atoms with Crippen molar-refractivity contribution in [1.82, 2.24) is 15.1 Å². The molecule has 0 spiro atoms. The lowest BCUT2D eigenvalue weighted by Crippen LogP contribution is -2.36. The first-order valence-corrected chi connectivity index (χ1v) is 8.49. The Balaban J connectivity index is 1.29. The van der Waals surface area contributed by atoms with E-state index in [0.29, 0.717) is 25.7 Å². The lowest BCUT2D eigenvalue weighted by Gasteiger charge is -2.26. The highest BCUT2D eigenvalue weighted by Gasteiger charge is 2.46. The maximum Gasteiger partial charge on any atom is 0.226 e. The minimum Gasteiger partial charge on any atom is -0.486 e. The molecule has 3 aliphatic rings. The first-order chi connectivity index (χ1) is 11.8. The van der Waals surface area contributed by atoms with Crippen molar-refractivity contribution in [3.8, 4) is 11.5 Å². The van der Waals surface area contributed by atoms with Crippen LogP contribution in [0.3, 0.4) is 0 Å². The normalized spacial score (nSPS) is 24.4. The third-order valence-corrected chi connectivity index (χ3v) is 5.21. The van der Waals surface area contributed by atoms with E-state index in [1.54, 1.807) is 0 Å². The minimum absolute atomic E-state index is 0.0982. The number of carbonyl (C=O) groups excluding carboxylic acids is 1. The average molecular weight is 325 g/mol. The van der Waals surface area contributed by atoms with Gasteiger partial charge in [0.25, 0.3) is 0 Å². The molecule has 2 aromatic rings. The van der Waals surface area contributed by atoms with Crippen molar-refractivity contribution in [2.75, 3.05) is 19.8 Å². The molecule has 24 heavy (non-hydrogen) atoms. The quantitative estimate of drug-likeness (QED) is 0.915. The van der Waals surface area contributed by atoms with E-state index in [1.807, 2.05) is 23.2 Å². The third-order valence-electron chi connectivity index (χ3n) is 5.21. The molecule has 2 atom stereocenters. The number of H-pyrrole nitrogens is 1. The fourth-order valence-electron chi connectivity index (χ4n) is 3.77. The summed E-state index contributed by atoms with van der Waals surface area (Å²) in [4.78, 5) is 14.8. The summed E-state index contributed by atoms with van der Waals surface area (Å²) < 4.78 is 11.2. The molecule has 5 rings (SSSR count). The molecule has 124 valence electrons. The molecular weight excluding hydrogens is 306 g/mol. The standard InChI is InChI=1S/C18H19N3O3/c22-18(21-4-3-15-12(10-21)9-19-20-15)14-8-13(14)11-1-2-16-17(7-11)24-6-5-23-16/h1-2,7,9,13-14H,3-6,8,10H2,(H,19,20). The Labute approximate surface area is 139 Å². The predicted octanol–water partition coefficient (Wildman–Crippen LogP) is 1.87. The van der Waals surface area contributed by atoms with Crippen LogP contribution in [0.4, 0.5) is 0 Å². The molecule has 2 aliphatic heterocycles. The SMILES string of the molecule is O=C(C1CC1c1ccc2c(c1)OCCO2)N1CCc2[nH]ncc2C1. The first kappa shape index (κ1) is 13.9. The summed E-state index contributed by atoms with van der Waals surface area (Å²) in [5.74, 6) is 2.27. The third kappa shape index (κ3) is 2.25. The van der Waals surface area contributed by atoms with Gasteiger partial charge in [-0.1, -0.05) is 6.07 Å². The zero-order chi connectivity index (χ0) is 16.1. The Kier molecular flexibility index (Phi) is 3.04. The van der Waals surface area contributed by atoms with Crippen LogP contribution < -0.4 is 9.47 Å². The number of rotatable bonds is 2. The highest BCUT2D eigenvalue weighted by atomic mass is 16.6. The molecule has 1 saturated carbocycles. The van der Waals surface area contributed by atoms with Gasteiger partial charge in [-0.25, -0.2) is 0 Å². The maximum absolute atomic E-state index is 12.8. The molecule has 0 bridgehead atoms. The minimum atomic E-state index is 0.0982. The highest BCUT2D eigenvalue weighted by molar-refractivity contribution is 5.83. The monoisotopic (exact) mass is 325 g/mol. The Morgan fingerprint density at radius 3 is 3.04 bits per heavy atom. The van der Waals surface area contributed by atoms with Gasteiger partial charge in [0.05, 0.1) is 6.20 Å². The summed E-state index contributed by atoms with van der Waals surface area (Å²) in [6.07, 6.45) is 3.62. The fourth-order valence-corrected chi connectivity index (χ4v) is 3.77. The second-order valence-electron chi connectivity index (χ2n) is 6.74. The number of hydrogen-bond donors (Lipinski definition) is 1. The van der Waals surface area contributed by atoms with Gasteiger partial charge in [-0.15, -0.1) is 0 Å². The van der Waals surface area contributed by atoms with E-state index in [1.165, 1.54) is 11.3 Å². The molecule has 6 heteroatoms. The van der Waals surface area contributed by atoms with Crippen molar-refractivity contribution in [3.63, 3.8) is 0 Å². The van der Waals surface area contributed by atoms with E-state index < -0.39 is 0 Å². The van der Waals surface area contributed by atoms with Crippen molar-refractivity contribution >= 4 is 5.91 Å². The molecule has 3 heterocycles. The molecule has 1 N–H and O–H groups in total. The van der Waals surface area contributed by atoms with E-state index in [0.717, 1.165) is 36.4 Å². The summed E-state index contributed by atoms with van der Waals surface area (Å²) in [6, 6.07) is 6.06. The van der Waals surface area contributed by atoms with Crippen molar-refractivity contribution in [3.05, 3.63) is 41.2 Å². The van der Waals surface area contributed by atoms with Gasteiger partial charge < -0.3 is 14.4 Å². The van der Waals surface area contributed by atoms with Gasteiger partial charge in [0.1, 0.15) is 13.2 Å². The van der Waals surface area contributed by atoms with Crippen LogP contribution in [-0.4, -0.2) is 40.8 Å². The molecule has 0 radical (unpaired) electrons. The van der Waals surface area contributed by atoms with Crippen molar-refractivity contribution in [2.45, 2.75) is 25.3 Å². The van der Waals surface area contributed by atoms with Gasteiger partial charge in [-0.2, -0.15) is 5.10 Å². The van der Waals surface area contributed by atoms with Crippen molar-refractivity contribution in [2.24, 2.45) is 5.92 Å². The molecule has 2 unspecified atom stereocenters. The van der Waals surface area contributed by atoms with Crippen LogP contribution in [0.2, 0.25) is 0 Å². The molecule has 1 fully saturated rings. The number of benzene rings is 1. The van der Waals surface area contributed by atoms with Crippen LogP contribution in [0.5, 0.6) is 11.5 Å². The van der Waals surface area contributed by atoms with Gasteiger partial charge in [0.2, 0.25) is 5.91 Å². The topological polar surface area (TPSA) is 67.5 Å². The fraction of sp³-hybridized carbons (Fsp3) is 0.444. The molecule has 1 amide bonds. The number of ether oxygens (including phenoxy) is 2. The van der Waals surface area contributed by atoms with Gasteiger partial charge in [0, 0.05) is 36.7 Å². The van der Waals surface area contributed by atoms with Crippen LogP contribution in [0.15, 0.2) is 24.4 Å². The number of carbonyl (C=O) groups is 1. The summed E-state index contributed by atoms with van der Waals surface area (Å²) >= 11 is 0. The zero-order valence-corrected chi connectivity index (χ0v) is 13.3. The zero-order valence-electron chi connectivity index (χ0n) is 13.3. The van der Waals surface area contributed by atoms with Crippen LogP contribution in [-0.2, 0) is 17.8 Å². The van der Waals surface area contributed by atoms with Crippen molar-refractivity contribution in [1.29, 1.82) is 0 Å². The number of aromatic nitrogens is 2. The molecule has 6 nitrogen and oxygen atoms in total. The molecule has 0 saturated heterocycles. The number of nitrogens with one attached hydrogen (secondary N) is 1. The van der Waals surface area contributed by atoms with Gasteiger partial charge in [-0.05, 0) is 30.0 Å². The summed E-state index contributed by atoms with van der Waals surface area (Å²) in [7, 11) is 0. The smallest absolute Gasteiger partial charge is 0.226 e. The van der Waals surface area contributed by atoms with Gasteiger partial charge >= 0.3 is 0 Å². The van der Waals surface area contributed by atoms with Crippen molar-refractivity contribution < 1.29 is 14.3 Å². The Bertz CT molecular complexity index is 801. The highest BCUT2D eigenvalue weighted by Crippen LogP contribution is 2.50. The van der Waals surface area contributed by atoms with Crippen LogP contribution in [0.25, 0.3) is 0 Å². The number of aromatic amines is 1. The second kappa shape index (κ2) is 5.26. The summed E-state index contributed by atoms with van der Waals surface area (Å²) in [5, 5.41) is 7.08. The summed E-state index contributed by atoms with van der Waals surface area (Å²) in [5.41, 5.74) is 3.49. The molecule has 1 aromatic carbocycles. The summed E-state index contributed by atoms with van der Waals surface area (Å²) in [6.45, 7) is 2.64.